The highest BCUT2D eigenvalue weighted by Crippen LogP contribution is 2.30. The van der Waals surface area contributed by atoms with Gasteiger partial charge in [0.2, 0.25) is 11.8 Å². The lowest BCUT2D eigenvalue weighted by molar-refractivity contribution is -0.129. The van der Waals surface area contributed by atoms with Crippen LogP contribution in [0.2, 0.25) is 0 Å². The van der Waals surface area contributed by atoms with Crippen LogP contribution in [0, 0.1) is 0 Å². The molecule has 0 spiro atoms. The maximum atomic E-state index is 12.0. The highest BCUT2D eigenvalue weighted by Gasteiger charge is 2.22. The molecule has 140 valence electrons. The third-order valence-corrected chi connectivity index (χ3v) is 4.58. The number of amides is 1. The molecule has 0 aromatic carbocycles. The molecule has 8 heteroatoms. The van der Waals surface area contributed by atoms with Crippen LogP contribution in [-0.2, 0) is 4.79 Å². The van der Waals surface area contributed by atoms with Crippen molar-refractivity contribution in [3.8, 4) is 17.1 Å². The summed E-state index contributed by atoms with van der Waals surface area (Å²) >= 11 is 0. The molecule has 0 atom stereocenters. The van der Waals surface area contributed by atoms with Crippen molar-refractivity contribution in [1.29, 1.82) is 0 Å². The average Bonchev–Trinajstić information content (AvgIpc) is 3.07. The van der Waals surface area contributed by atoms with Gasteiger partial charge in [0.1, 0.15) is 11.5 Å². The van der Waals surface area contributed by atoms with Crippen molar-refractivity contribution in [2.75, 3.05) is 31.6 Å². The van der Waals surface area contributed by atoms with Crippen molar-refractivity contribution < 1.29 is 9.53 Å². The maximum absolute atomic E-state index is 12.0. The van der Waals surface area contributed by atoms with Gasteiger partial charge >= 0.3 is 0 Å². The minimum atomic E-state index is 0.0487. The summed E-state index contributed by atoms with van der Waals surface area (Å²) in [5.74, 6) is 1.44. The third kappa shape index (κ3) is 3.42. The van der Waals surface area contributed by atoms with Crippen molar-refractivity contribution in [3.63, 3.8) is 0 Å². The molecular formula is C19H22N6O2. The maximum Gasteiger partial charge on any atom is 0.241 e. The zero-order valence-electron chi connectivity index (χ0n) is 15.6. The molecule has 0 bridgehead atoms. The molecule has 1 amide bonds. The lowest BCUT2D eigenvalue weighted by Gasteiger charge is -2.32. The summed E-state index contributed by atoms with van der Waals surface area (Å²) in [7, 11) is 1.82. The van der Waals surface area contributed by atoms with Crippen LogP contribution >= 0.6 is 0 Å². The van der Waals surface area contributed by atoms with Crippen LogP contribution in [0.1, 0.15) is 13.8 Å². The van der Waals surface area contributed by atoms with E-state index in [0.29, 0.717) is 19.0 Å². The number of H-pyrrole nitrogens is 1. The highest BCUT2D eigenvalue weighted by atomic mass is 16.5. The lowest BCUT2D eigenvalue weighted by Crippen LogP contribution is -2.48. The van der Waals surface area contributed by atoms with E-state index < -0.39 is 0 Å². The van der Waals surface area contributed by atoms with E-state index in [1.54, 1.807) is 17.3 Å². The van der Waals surface area contributed by atoms with Crippen molar-refractivity contribution in [2.45, 2.75) is 20.0 Å². The fourth-order valence-corrected chi connectivity index (χ4v) is 3.12. The number of nitrogens with zero attached hydrogens (tertiary/aromatic N) is 5. The van der Waals surface area contributed by atoms with E-state index in [4.69, 9.17) is 4.74 Å². The Labute approximate surface area is 157 Å². The van der Waals surface area contributed by atoms with Crippen LogP contribution in [0.25, 0.3) is 22.2 Å². The summed E-state index contributed by atoms with van der Waals surface area (Å²) in [6.45, 7) is 5.72. The first kappa shape index (κ1) is 17.3. The van der Waals surface area contributed by atoms with E-state index in [0.717, 1.165) is 34.5 Å². The molecule has 27 heavy (non-hydrogen) atoms. The Morgan fingerprint density at radius 1 is 1.22 bits per heavy atom. The van der Waals surface area contributed by atoms with Gasteiger partial charge in [0.15, 0.2) is 0 Å². The second kappa shape index (κ2) is 6.86. The Balaban J connectivity index is 1.68. The van der Waals surface area contributed by atoms with Crippen LogP contribution in [0.4, 0.5) is 5.82 Å². The predicted molar refractivity (Wildman–Crippen MR) is 103 cm³/mol. The molecule has 0 radical (unpaired) electrons. The first-order valence-electron chi connectivity index (χ1n) is 8.97. The molecule has 8 nitrogen and oxygen atoms in total. The molecule has 1 N–H and O–H groups in total. The first-order valence-corrected chi connectivity index (χ1v) is 8.97. The third-order valence-electron chi connectivity index (χ3n) is 4.58. The number of aromatic nitrogens is 4. The van der Waals surface area contributed by atoms with Crippen LogP contribution in [0.5, 0.6) is 5.88 Å². The Morgan fingerprint density at radius 3 is 2.85 bits per heavy atom. The number of piperazine rings is 1. The van der Waals surface area contributed by atoms with Gasteiger partial charge in [-0.15, -0.1) is 0 Å². The van der Waals surface area contributed by atoms with Gasteiger partial charge in [0, 0.05) is 43.4 Å². The van der Waals surface area contributed by atoms with E-state index in [2.05, 4.69) is 20.2 Å². The molecular weight excluding hydrogens is 344 g/mol. The number of fused-ring (bicyclic) bond motifs is 1. The topological polar surface area (TPSA) is 87.2 Å². The Kier molecular flexibility index (Phi) is 4.39. The molecule has 3 aromatic heterocycles. The molecule has 1 fully saturated rings. The molecule has 4 heterocycles. The van der Waals surface area contributed by atoms with E-state index in [1.807, 2.05) is 44.0 Å². The summed E-state index contributed by atoms with van der Waals surface area (Å²) in [6, 6.07) is 5.78. The van der Waals surface area contributed by atoms with Gasteiger partial charge in [-0.1, -0.05) is 0 Å². The van der Waals surface area contributed by atoms with Crippen LogP contribution in [-0.4, -0.2) is 63.8 Å². The monoisotopic (exact) mass is 366 g/mol. The average molecular weight is 366 g/mol. The van der Waals surface area contributed by atoms with Crippen LogP contribution in [0.3, 0.4) is 0 Å². The largest absolute Gasteiger partial charge is 0.475 e. The molecule has 0 unspecified atom stereocenters. The summed E-state index contributed by atoms with van der Waals surface area (Å²) in [4.78, 5) is 24.5. The smallest absolute Gasteiger partial charge is 0.241 e. The number of rotatable bonds is 4. The number of hydrogen-bond donors (Lipinski definition) is 1. The number of hydrogen-bond acceptors (Lipinski definition) is 6. The van der Waals surface area contributed by atoms with Crippen molar-refractivity contribution in [1.82, 2.24) is 25.1 Å². The molecule has 3 aromatic rings. The summed E-state index contributed by atoms with van der Waals surface area (Å²) in [5.41, 5.74) is 2.58. The Morgan fingerprint density at radius 2 is 2.07 bits per heavy atom. The van der Waals surface area contributed by atoms with E-state index in [-0.39, 0.29) is 12.0 Å². The second-order valence-corrected chi connectivity index (χ2v) is 6.95. The number of carbonyl (C=O) groups is 1. The van der Waals surface area contributed by atoms with Gasteiger partial charge in [-0.2, -0.15) is 5.10 Å². The fraction of sp³-hybridized carbons (Fsp3) is 0.368. The van der Waals surface area contributed by atoms with Gasteiger partial charge < -0.3 is 14.5 Å². The van der Waals surface area contributed by atoms with E-state index >= 15 is 0 Å². The Bertz CT molecular complexity index is 983. The molecule has 0 aliphatic carbocycles. The van der Waals surface area contributed by atoms with Gasteiger partial charge in [-0.25, -0.2) is 9.97 Å². The van der Waals surface area contributed by atoms with Crippen LogP contribution in [0.15, 0.2) is 30.6 Å². The summed E-state index contributed by atoms with van der Waals surface area (Å²) in [6.07, 6.45) is 3.53. The number of likely N-dealkylation sites (N-methyl/N-ethyl adjacent to an activating group) is 1. The van der Waals surface area contributed by atoms with Crippen molar-refractivity contribution in [2.24, 2.45) is 0 Å². The zero-order valence-corrected chi connectivity index (χ0v) is 15.6. The standard InChI is InChI=1S/C19H22N6O2/c1-12(2)27-17-9-14-15(10-21-17)22-23-19(14)13-4-5-20-16(8-13)25-7-6-24(3)18(26)11-25/h4-5,8-10,12H,6-7,11H2,1-3H3,(H,22,23). The number of anilines is 1. The summed E-state index contributed by atoms with van der Waals surface area (Å²) < 4.78 is 5.71. The number of ether oxygens (including phenoxy) is 1. The van der Waals surface area contributed by atoms with E-state index in [9.17, 15) is 4.79 Å². The van der Waals surface area contributed by atoms with Crippen LogP contribution < -0.4 is 9.64 Å². The van der Waals surface area contributed by atoms with Gasteiger partial charge in [-0.05, 0) is 26.0 Å². The fourth-order valence-electron chi connectivity index (χ4n) is 3.12. The van der Waals surface area contributed by atoms with Crippen molar-refractivity contribution in [3.05, 3.63) is 30.6 Å². The predicted octanol–water partition coefficient (Wildman–Crippen LogP) is 2.09. The second-order valence-electron chi connectivity index (χ2n) is 6.95. The van der Waals surface area contributed by atoms with Gasteiger partial charge in [0.05, 0.1) is 24.4 Å². The molecule has 0 saturated carbocycles. The minimum Gasteiger partial charge on any atom is -0.475 e. The lowest BCUT2D eigenvalue weighted by atomic mass is 10.1. The minimum absolute atomic E-state index is 0.0487. The molecule has 1 saturated heterocycles. The number of nitrogens with one attached hydrogen (secondary N) is 1. The normalized spacial score (nSPS) is 15.0. The van der Waals surface area contributed by atoms with Gasteiger partial charge in [0.25, 0.3) is 0 Å². The molecule has 4 rings (SSSR count). The van der Waals surface area contributed by atoms with E-state index in [1.165, 1.54) is 0 Å². The zero-order chi connectivity index (χ0) is 19.0. The number of pyridine rings is 2. The van der Waals surface area contributed by atoms with Gasteiger partial charge in [-0.3, -0.25) is 9.89 Å². The number of aromatic amines is 1. The Hall–Kier alpha value is -3.16. The quantitative estimate of drug-likeness (QED) is 0.761. The highest BCUT2D eigenvalue weighted by molar-refractivity contribution is 5.93. The number of carbonyl (C=O) groups excluding carboxylic acids is 1. The molecule has 1 aliphatic rings. The summed E-state index contributed by atoms with van der Waals surface area (Å²) in [5, 5.41) is 8.41. The first-order chi connectivity index (χ1) is 13.0. The SMILES string of the molecule is CC(C)Oc1cc2c(-c3ccnc(N4CCN(C)C(=O)C4)c3)n[nH]c2cn1. The molecule has 1 aliphatic heterocycles. The van der Waals surface area contributed by atoms with Crippen molar-refractivity contribution >= 4 is 22.6 Å².